The largest absolute Gasteiger partial charge is 0.467 e. The molecule has 2 aromatic rings. The van der Waals surface area contributed by atoms with Crippen molar-refractivity contribution in [2.45, 2.75) is 38.3 Å². The molecule has 2 aliphatic heterocycles. The monoisotopic (exact) mass is 427 g/mol. The smallest absolute Gasteiger partial charge is 0.410 e. The molecule has 2 aliphatic rings. The van der Waals surface area contributed by atoms with Gasteiger partial charge in [-0.1, -0.05) is 18.2 Å². The van der Waals surface area contributed by atoms with Crippen molar-refractivity contribution in [2.24, 2.45) is 0 Å². The van der Waals surface area contributed by atoms with Crippen molar-refractivity contribution in [2.75, 3.05) is 26.8 Å². The zero-order valence-corrected chi connectivity index (χ0v) is 17.6. The molecule has 0 aliphatic carbocycles. The number of likely N-dealkylation sites (tertiary alicyclic amines) is 1. The van der Waals surface area contributed by atoms with Gasteiger partial charge in [-0.15, -0.1) is 0 Å². The third-order valence-electron chi connectivity index (χ3n) is 5.83. The second-order valence-corrected chi connectivity index (χ2v) is 7.70. The van der Waals surface area contributed by atoms with Crippen LogP contribution in [0.25, 0.3) is 11.5 Å². The molecule has 1 atom stereocenters. The molecule has 0 spiro atoms. The first-order chi connectivity index (χ1) is 15.0. The molecule has 0 N–H and O–H groups in total. The Morgan fingerprint density at radius 1 is 1.19 bits per heavy atom. The van der Waals surface area contributed by atoms with E-state index in [9.17, 15) is 14.4 Å². The van der Waals surface area contributed by atoms with Crippen LogP contribution in [0.1, 0.15) is 24.3 Å². The lowest BCUT2D eigenvalue weighted by Gasteiger charge is -2.37. The minimum atomic E-state index is -0.723. The van der Waals surface area contributed by atoms with E-state index in [4.69, 9.17) is 13.9 Å². The van der Waals surface area contributed by atoms with Gasteiger partial charge in [0.15, 0.2) is 6.04 Å². The molecular formula is C22H25N3O6. The summed E-state index contributed by atoms with van der Waals surface area (Å²) in [6, 6.07) is 8.66. The second kappa shape index (κ2) is 8.79. The average Bonchev–Trinajstić information content (AvgIpc) is 3.36. The summed E-state index contributed by atoms with van der Waals surface area (Å²) in [4.78, 5) is 44.6. The highest BCUT2D eigenvalue weighted by molar-refractivity contribution is 5.84. The maximum absolute atomic E-state index is 12.8. The van der Waals surface area contributed by atoms with Gasteiger partial charge in [-0.25, -0.2) is 14.6 Å². The van der Waals surface area contributed by atoms with Crippen LogP contribution in [0.5, 0.6) is 0 Å². The second-order valence-electron chi connectivity index (χ2n) is 7.70. The van der Waals surface area contributed by atoms with Gasteiger partial charge in [0, 0.05) is 24.7 Å². The van der Waals surface area contributed by atoms with E-state index in [2.05, 4.69) is 4.98 Å². The van der Waals surface area contributed by atoms with Crippen LogP contribution in [-0.2, 0) is 25.5 Å². The quantitative estimate of drug-likeness (QED) is 0.674. The number of aromatic nitrogens is 1. The molecule has 0 bridgehead atoms. The summed E-state index contributed by atoms with van der Waals surface area (Å²) in [5.41, 5.74) is 1.49. The minimum Gasteiger partial charge on any atom is -0.467 e. The van der Waals surface area contributed by atoms with Crippen LogP contribution in [0.2, 0.25) is 0 Å². The Labute approximate surface area is 179 Å². The predicted octanol–water partition coefficient (Wildman–Crippen LogP) is 2.18. The van der Waals surface area contributed by atoms with Crippen LogP contribution in [0, 0.1) is 6.92 Å². The van der Waals surface area contributed by atoms with Gasteiger partial charge >= 0.3 is 12.1 Å². The number of piperidine rings is 1. The molecule has 0 saturated carbocycles. The number of oxazole rings is 1. The lowest BCUT2D eigenvalue weighted by atomic mass is 10.0. The van der Waals surface area contributed by atoms with Crippen molar-refractivity contribution in [3.63, 3.8) is 0 Å². The number of ether oxygens (including phenoxy) is 2. The van der Waals surface area contributed by atoms with E-state index in [0.717, 1.165) is 5.56 Å². The molecule has 2 saturated heterocycles. The molecular weight excluding hydrogens is 402 g/mol. The highest BCUT2D eigenvalue weighted by Gasteiger charge is 2.44. The molecule has 4 rings (SSSR count). The number of carbonyl (C=O) groups is 3. The van der Waals surface area contributed by atoms with Crippen LogP contribution in [0.15, 0.2) is 34.7 Å². The van der Waals surface area contributed by atoms with Crippen LogP contribution in [-0.4, -0.2) is 71.6 Å². The molecule has 9 heteroatoms. The first-order valence-corrected chi connectivity index (χ1v) is 10.3. The van der Waals surface area contributed by atoms with Gasteiger partial charge in [-0.2, -0.15) is 0 Å². The summed E-state index contributed by atoms with van der Waals surface area (Å²) in [7, 11) is 1.29. The topological polar surface area (TPSA) is 102 Å². The molecule has 3 heterocycles. The Bertz CT molecular complexity index is 965. The number of nitrogens with zero attached hydrogens (tertiary/aromatic N) is 3. The Balaban J connectivity index is 1.36. The number of aryl methyl sites for hydroxylation is 1. The standard InChI is InChI=1S/C22H25N3O6/c1-14-17(23-20(31-14)15-6-4-3-5-7-15)12-19(26)24-10-8-16(9-11-24)25-18(21(27)29-2)13-30-22(25)28/h3-7,16,18H,8-13H2,1-2H3/t18-/m0/s1. The third-order valence-corrected chi connectivity index (χ3v) is 5.83. The van der Waals surface area contributed by atoms with Gasteiger partial charge in [0.1, 0.15) is 12.4 Å². The fraction of sp³-hybridized carbons (Fsp3) is 0.455. The first kappa shape index (κ1) is 20.9. The number of rotatable bonds is 5. The zero-order chi connectivity index (χ0) is 22.0. The maximum atomic E-state index is 12.8. The van der Waals surface area contributed by atoms with E-state index in [1.54, 1.807) is 11.8 Å². The van der Waals surface area contributed by atoms with E-state index in [-0.39, 0.29) is 25.0 Å². The molecule has 2 fully saturated rings. The van der Waals surface area contributed by atoms with Gasteiger partial charge in [0.2, 0.25) is 11.8 Å². The number of hydrogen-bond acceptors (Lipinski definition) is 7. The number of amides is 2. The number of esters is 1. The lowest BCUT2D eigenvalue weighted by Crippen LogP contribution is -2.52. The third kappa shape index (κ3) is 4.26. The zero-order valence-electron chi connectivity index (χ0n) is 17.6. The normalized spacial score (nSPS) is 19.4. The van der Waals surface area contributed by atoms with Crippen molar-refractivity contribution in [1.29, 1.82) is 0 Å². The van der Waals surface area contributed by atoms with Gasteiger partial charge in [0.05, 0.1) is 19.2 Å². The van der Waals surface area contributed by atoms with Gasteiger partial charge < -0.3 is 18.8 Å². The summed E-state index contributed by atoms with van der Waals surface area (Å²) >= 11 is 0. The summed E-state index contributed by atoms with van der Waals surface area (Å²) < 4.78 is 15.6. The van der Waals surface area contributed by atoms with Crippen molar-refractivity contribution < 1.29 is 28.3 Å². The van der Waals surface area contributed by atoms with Gasteiger partial charge in [-0.3, -0.25) is 9.69 Å². The molecule has 0 unspecified atom stereocenters. The van der Waals surface area contributed by atoms with Crippen molar-refractivity contribution in [1.82, 2.24) is 14.8 Å². The fourth-order valence-electron chi connectivity index (χ4n) is 4.10. The predicted molar refractivity (Wildman–Crippen MR) is 109 cm³/mol. The molecule has 9 nitrogen and oxygen atoms in total. The van der Waals surface area contributed by atoms with Gasteiger partial charge in [0.25, 0.3) is 0 Å². The van der Waals surface area contributed by atoms with E-state index >= 15 is 0 Å². The minimum absolute atomic E-state index is 0.000164. The lowest BCUT2D eigenvalue weighted by molar-refractivity contribution is -0.146. The summed E-state index contributed by atoms with van der Waals surface area (Å²) in [6.45, 7) is 2.79. The van der Waals surface area contributed by atoms with Crippen molar-refractivity contribution >= 4 is 18.0 Å². The average molecular weight is 427 g/mol. The molecule has 1 aromatic carbocycles. The van der Waals surface area contributed by atoms with Crippen molar-refractivity contribution in [3.05, 3.63) is 41.8 Å². The van der Waals surface area contributed by atoms with E-state index < -0.39 is 18.1 Å². The number of benzene rings is 1. The summed E-state index contributed by atoms with van der Waals surface area (Å²) in [5, 5.41) is 0. The summed E-state index contributed by atoms with van der Waals surface area (Å²) in [5.74, 6) is 0.604. The summed E-state index contributed by atoms with van der Waals surface area (Å²) in [6.07, 6.45) is 0.790. The van der Waals surface area contributed by atoms with Crippen LogP contribution in [0.4, 0.5) is 4.79 Å². The number of methoxy groups -OCH3 is 1. The Morgan fingerprint density at radius 3 is 2.58 bits per heavy atom. The van der Waals surface area contributed by atoms with Crippen LogP contribution in [0.3, 0.4) is 0 Å². The van der Waals surface area contributed by atoms with Crippen molar-refractivity contribution in [3.8, 4) is 11.5 Å². The molecule has 1 aromatic heterocycles. The van der Waals surface area contributed by atoms with Crippen LogP contribution < -0.4 is 0 Å². The highest BCUT2D eigenvalue weighted by atomic mass is 16.6. The van der Waals surface area contributed by atoms with E-state index in [1.165, 1.54) is 12.0 Å². The Kier molecular flexibility index (Phi) is 5.92. The number of hydrogen-bond donors (Lipinski definition) is 0. The van der Waals surface area contributed by atoms with Crippen LogP contribution >= 0.6 is 0 Å². The van der Waals surface area contributed by atoms with E-state index in [1.807, 2.05) is 30.3 Å². The number of carbonyl (C=O) groups excluding carboxylic acids is 3. The Morgan fingerprint density at radius 2 is 1.90 bits per heavy atom. The van der Waals surface area contributed by atoms with E-state index in [0.29, 0.717) is 43.3 Å². The first-order valence-electron chi connectivity index (χ1n) is 10.3. The van der Waals surface area contributed by atoms with Gasteiger partial charge in [-0.05, 0) is 31.9 Å². The highest BCUT2D eigenvalue weighted by Crippen LogP contribution is 2.26. The molecule has 0 radical (unpaired) electrons. The molecule has 164 valence electrons. The Hall–Kier alpha value is -3.36. The fourth-order valence-corrected chi connectivity index (χ4v) is 4.10. The number of cyclic esters (lactones) is 1. The molecule has 31 heavy (non-hydrogen) atoms. The maximum Gasteiger partial charge on any atom is 0.410 e. The SMILES string of the molecule is COC(=O)[C@@H]1COC(=O)N1C1CCN(C(=O)Cc2nc(-c3ccccc3)oc2C)CC1. The molecule has 2 amide bonds.